The van der Waals surface area contributed by atoms with Crippen molar-refractivity contribution in [3.05, 3.63) is 70.1 Å². The molecule has 2 heterocycles. The minimum absolute atomic E-state index is 0. The molecule has 2 N–H and O–H groups in total. The molecule has 0 aliphatic carbocycles. The van der Waals surface area contributed by atoms with Crippen molar-refractivity contribution in [1.82, 2.24) is 15.6 Å². The van der Waals surface area contributed by atoms with Crippen molar-refractivity contribution < 1.29 is 9.15 Å². The summed E-state index contributed by atoms with van der Waals surface area (Å²) in [7, 11) is 1.67. The van der Waals surface area contributed by atoms with Gasteiger partial charge in [-0.15, -0.1) is 35.3 Å². The molecule has 6 nitrogen and oxygen atoms in total. The molecule has 0 fully saturated rings. The van der Waals surface area contributed by atoms with Gasteiger partial charge in [0.05, 0.1) is 24.9 Å². The second kappa shape index (κ2) is 12.5. The molecular weight excluding hydrogens is 499 g/mol. The molecule has 3 aromatic rings. The van der Waals surface area contributed by atoms with Gasteiger partial charge in [0, 0.05) is 37.0 Å². The molecule has 0 aliphatic rings. The van der Waals surface area contributed by atoms with E-state index in [1.54, 1.807) is 24.7 Å². The van der Waals surface area contributed by atoms with E-state index in [-0.39, 0.29) is 24.0 Å². The molecule has 2 aromatic heterocycles. The average molecular weight is 526 g/mol. The standard InChI is InChI=1S/C21H26N4O2S.HI/c1-16-14-24-20(28-16)10-12-23-21(22-11-9-19-4-3-13-27-19)25-15-17-5-7-18(26-2)8-6-17;/h3-8,13-14H,9-12,15H2,1-2H3,(H2,22,23,25);1H. The van der Waals surface area contributed by atoms with Gasteiger partial charge in [-0.2, -0.15) is 0 Å². The number of benzene rings is 1. The lowest BCUT2D eigenvalue weighted by Gasteiger charge is -2.12. The van der Waals surface area contributed by atoms with Crippen molar-refractivity contribution in [3.63, 3.8) is 0 Å². The first-order chi connectivity index (χ1) is 13.7. The Hall–Kier alpha value is -2.07. The number of methoxy groups -OCH3 is 1. The summed E-state index contributed by atoms with van der Waals surface area (Å²) < 4.78 is 10.6. The number of aryl methyl sites for hydroxylation is 1. The molecule has 0 amide bonds. The highest BCUT2D eigenvalue weighted by molar-refractivity contribution is 14.0. The maximum atomic E-state index is 5.39. The van der Waals surface area contributed by atoms with E-state index in [4.69, 9.17) is 14.1 Å². The van der Waals surface area contributed by atoms with E-state index >= 15 is 0 Å². The van der Waals surface area contributed by atoms with E-state index in [9.17, 15) is 0 Å². The fraction of sp³-hybridized carbons (Fsp3) is 0.333. The number of hydrogen-bond acceptors (Lipinski definition) is 5. The number of rotatable bonds is 9. The zero-order valence-electron chi connectivity index (χ0n) is 16.7. The molecule has 156 valence electrons. The molecule has 0 saturated heterocycles. The zero-order valence-corrected chi connectivity index (χ0v) is 19.8. The highest BCUT2D eigenvalue weighted by Crippen LogP contribution is 2.12. The molecule has 8 heteroatoms. The third kappa shape index (κ3) is 8.06. The summed E-state index contributed by atoms with van der Waals surface area (Å²) in [5, 5.41) is 7.91. The van der Waals surface area contributed by atoms with Crippen LogP contribution < -0.4 is 15.4 Å². The van der Waals surface area contributed by atoms with Gasteiger partial charge < -0.3 is 19.8 Å². The molecule has 29 heavy (non-hydrogen) atoms. The molecular formula is C21H27IN4O2S. The van der Waals surface area contributed by atoms with Crippen molar-refractivity contribution in [1.29, 1.82) is 0 Å². The van der Waals surface area contributed by atoms with Crippen LogP contribution in [-0.4, -0.2) is 31.1 Å². The van der Waals surface area contributed by atoms with Crippen LogP contribution in [0.5, 0.6) is 5.75 Å². The second-order valence-corrected chi connectivity index (χ2v) is 7.63. The molecule has 0 spiro atoms. The van der Waals surface area contributed by atoms with Gasteiger partial charge in [0.25, 0.3) is 0 Å². The number of nitrogens with zero attached hydrogens (tertiary/aromatic N) is 2. The number of ether oxygens (including phenoxy) is 1. The molecule has 0 atom stereocenters. The van der Waals surface area contributed by atoms with E-state index < -0.39 is 0 Å². The third-order valence-corrected chi connectivity index (χ3v) is 5.10. The minimum Gasteiger partial charge on any atom is -0.497 e. The fourth-order valence-corrected chi connectivity index (χ4v) is 3.43. The third-order valence-electron chi connectivity index (χ3n) is 4.12. The Morgan fingerprint density at radius 2 is 1.90 bits per heavy atom. The van der Waals surface area contributed by atoms with E-state index in [2.05, 4.69) is 22.5 Å². The van der Waals surface area contributed by atoms with Gasteiger partial charge in [0.1, 0.15) is 11.5 Å². The summed E-state index contributed by atoms with van der Waals surface area (Å²) in [6, 6.07) is 11.8. The van der Waals surface area contributed by atoms with Crippen LogP contribution in [0.4, 0.5) is 0 Å². The Kier molecular flexibility index (Phi) is 9.99. The van der Waals surface area contributed by atoms with Crippen molar-refractivity contribution in [2.45, 2.75) is 26.3 Å². The first-order valence-electron chi connectivity index (χ1n) is 9.32. The predicted octanol–water partition coefficient (Wildman–Crippen LogP) is 4.19. The van der Waals surface area contributed by atoms with Gasteiger partial charge in [-0.05, 0) is 36.8 Å². The lowest BCUT2D eigenvalue weighted by Crippen LogP contribution is -2.39. The second-order valence-electron chi connectivity index (χ2n) is 6.31. The monoisotopic (exact) mass is 526 g/mol. The smallest absolute Gasteiger partial charge is 0.191 e. The summed E-state index contributed by atoms with van der Waals surface area (Å²) >= 11 is 1.73. The van der Waals surface area contributed by atoms with Gasteiger partial charge in [-0.25, -0.2) is 9.98 Å². The molecule has 1 aromatic carbocycles. The Labute approximate surface area is 192 Å². The lowest BCUT2D eigenvalue weighted by molar-refractivity contribution is 0.414. The predicted molar refractivity (Wildman–Crippen MR) is 129 cm³/mol. The van der Waals surface area contributed by atoms with Crippen LogP contribution in [0.15, 0.2) is 58.3 Å². The first kappa shape index (κ1) is 23.2. The quantitative estimate of drug-likeness (QED) is 0.249. The number of guanidine groups is 1. The minimum atomic E-state index is 0. The first-order valence-corrected chi connectivity index (χ1v) is 10.1. The highest BCUT2D eigenvalue weighted by Gasteiger charge is 2.03. The SMILES string of the molecule is COc1ccc(CN=C(NCCc2ccco2)NCCc2ncc(C)s2)cc1.I. The molecule has 0 bridgehead atoms. The molecule has 3 rings (SSSR count). The molecule has 0 aliphatic heterocycles. The van der Waals surface area contributed by atoms with Crippen LogP contribution in [0.1, 0.15) is 21.2 Å². The normalized spacial score (nSPS) is 11.0. The van der Waals surface area contributed by atoms with E-state index in [1.165, 1.54) is 4.88 Å². The largest absolute Gasteiger partial charge is 0.497 e. The number of aliphatic imine (C=N–C) groups is 1. The molecule has 0 saturated carbocycles. The number of thiazole rings is 1. The van der Waals surface area contributed by atoms with E-state index in [0.29, 0.717) is 6.54 Å². The average Bonchev–Trinajstić information content (AvgIpc) is 3.38. The number of nitrogens with one attached hydrogen (secondary N) is 2. The van der Waals surface area contributed by atoms with E-state index in [1.807, 2.05) is 42.6 Å². The maximum absolute atomic E-state index is 5.39. The topological polar surface area (TPSA) is 71.7 Å². The zero-order chi connectivity index (χ0) is 19.6. The number of furan rings is 1. The van der Waals surface area contributed by atoms with Gasteiger partial charge in [-0.1, -0.05) is 12.1 Å². The fourth-order valence-electron chi connectivity index (χ4n) is 2.64. The molecule has 0 radical (unpaired) electrons. The van der Waals surface area contributed by atoms with Gasteiger partial charge in [0.15, 0.2) is 5.96 Å². The summed E-state index contributed by atoms with van der Waals surface area (Å²) in [5.41, 5.74) is 1.13. The summed E-state index contributed by atoms with van der Waals surface area (Å²) in [4.78, 5) is 10.4. The van der Waals surface area contributed by atoms with Crippen LogP contribution in [-0.2, 0) is 19.4 Å². The number of aromatic nitrogens is 1. The van der Waals surface area contributed by atoms with Gasteiger partial charge in [0.2, 0.25) is 0 Å². The van der Waals surface area contributed by atoms with Gasteiger partial charge >= 0.3 is 0 Å². The summed E-state index contributed by atoms with van der Waals surface area (Å²) in [6.07, 6.45) is 5.30. The lowest BCUT2D eigenvalue weighted by atomic mass is 10.2. The van der Waals surface area contributed by atoms with Crippen molar-refractivity contribution in [2.75, 3.05) is 20.2 Å². The van der Waals surface area contributed by atoms with Crippen molar-refractivity contribution >= 4 is 41.3 Å². The Bertz CT molecular complexity index is 863. The van der Waals surface area contributed by atoms with E-state index in [0.717, 1.165) is 54.0 Å². The Morgan fingerprint density at radius 1 is 1.14 bits per heavy atom. The Balaban J connectivity index is 0.00000300. The van der Waals surface area contributed by atoms with Crippen LogP contribution in [0, 0.1) is 6.92 Å². The van der Waals surface area contributed by atoms with Crippen LogP contribution in [0.25, 0.3) is 0 Å². The number of hydrogen-bond donors (Lipinski definition) is 2. The summed E-state index contributed by atoms with van der Waals surface area (Å²) in [6.45, 7) is 4.20. The Morgan fingerprint density at radius 3 is 2.52 bits per heavy atom. The van der Waals surface area contributed by atoms with Crippen molar-refractivity contribution in [3.8, 4) is 5.75 Å². The number of halogens is 1. The highest BCUT2D eigenvalue weighted by atomic mass is 127. The summed E-state index contributed by atoms with van der Waals surface area (Å²) in [5.74, 6) is 2.59. The maximum Gasteiger partial charge on any atom is 0.191 e. The van der Waals surface area contributed by atoms with Crippen molar-refractivity contribution in [2.24, 2.45) is 4.99 Å². The van der Waals surface area contributed by atoms with Gasteiger partial charge in [-0.3, -0.25) is 0 Å². The molecule has 0 unspecified atom stereocenters. The van der Waals surface area contributed by atoms with Crippen LogP contribution >= 0.6 is 35.3 Å². The van der Waals surface area contributed by atoms with Crippen LogP contribution in [0.2, 0.25) is 0 Å². The van der Waals surface area contributed by atoms with Crippen LogP contribution in [0.3, 0.4) is 0 Å².